The Balaban J connectivity index is 2.31. The zero-order valence-electron chi connectivity index (χ0n) is 6.89. The zero-order chi connectivity index (χ0) is 7.56. The monoisotopic (exact) mass is 143 g/mol. The molecule has 0 radical (unpaired) electrons. The fourth-order valence-electron chi connectivity index (χ4n) is 1.74. The zero-order valence-corrected chi connectivity index (χ0v) is 6.89. The summed E-state index contributed by atoms with van der Waals surface area (Å²) >= 11 is 0. The fourth-order valence-corrected chi connectivity index (χ4v) is 1.74. The van der Waals surface area contributed by atoms with E-state index in [0.29, 0.717) is 6.04 Å². The first-order valence-corrected chi connectivity index (χ1v) is 3.90. The van der Waals surface area contributed by atoms with Gasteiger partial charge in [0, 0.05) is 19.4 Å². The van der Waals surface area contributed by atoms with Crippen LogP contribution in [0.4, 0.5) is 0 Å². The lowest BCUT2D eigenvalue weighted by Gasteiger charge is -2.21. The van der Waals surface area contributed by atoms with E-state index in [1.54, 1.807) is 7.11 Å². The average molecular weight is 143 g/mol. The van der Waals surface area contributed by atoms with E-state index in [9.17, 15) is 0 Å². The van der Waals surface area contributed by atoms with Crippen LogP contribution in [0.3, 0.4) is 0 Å². The molecule has 0 aromatic carbocycles. The van der Waals surface area contributed by atoms with Gasteiger partial charge in [0.15, 0.2) is 0 Å². The largest absolute Gasteiger partial charge is 0.463 e. The minimum absolute atomic E-state index is 0.639. The average Bonchev–Trinajstić information content (AvgIpc) is 2.13. The first kappa shape index (κ1) is 8.02. The Labute approximate surface area is 63.2 Å². The summed E-state index contributed by atoms with van der Waals surface area (Å²) < 4.78 is 5.08. The summed E-state index contributed by atoms with van der Waals surface area (Å²) in [5.41, 5.74) is 0. The quantitative estimate of drug-likeness (QED) is 0.525. The second-order valence-corrected chi connectivity index (χ2v) is 3.36. The third-order valence-electron chi connectivity index (χ3n) is 2.24. The molecule has 0 amide bonds. The lowest BCUT2D eigenvalue weighted by molar-refractivity contribution is -0.868. The summed E-state index contributed by atoms with van der Waals surface area (Å²) in [7, 11) is 5.78. The van der Waals surface area contributed by atoms with Gasteiger partial charge in [-0.15, -0.1) is 0 Å². The smallest absolute Gasteiger partial charge is 0.0959 e. The molecule has 0 aromatic rings. The molecule has 0 saturated carbocycles. The Morgan fingerprint density at radius 3 is 2.80 bits per heavy atom. The van der Waals surface area contributed by atoms with Crippen LogP contribution in [0.25, 0.3) is 0 Å². The molecular formula is C8H17NO. The highest BCUT2D eigenvalue weighted by molar-refractivity contribution is 4.67. The maximum atomic E-state index is 5.08. The molecule has 1 N–H and O–H groups in total. The van der Waals surface area contributed by atoms with Gasteiger partial charge in [-0.3, -0.25) is 0 Å². The maximum Gasteiger partial charge on any atom is 0.0959 e. The normalized spacial score (nSPS) is 40.5. The molecule has 1 heterocycles. The molecule has 0 aromatic heterocycles. The predicted molar refractivity (Wildman–Crippen MR) is 40.6 cm³/mol. The van der Waals surface area contributed by atoms with Gasteiger partial charge in [-0.1, -0.05) is 6.92 Å². The Hall–Kier alpha value is -0.0800. The molecular weight excluding hydrogens is 126 g/mol. The Morgan fingerprint density at radius 1 is 1.70 bits per heavy atom. The molecule has 1 unspecified atom stereocenters. The van der Waals surface area contributed by atoms with Gasteiger partial charge in [0.1, 0.15) is 0 Å². The van der Waals surface area contributed by atoms with Gasteiger partial charge >= 0.3 is 0 Å². The van der Waals surface area contributed by atoms with E-state index in [1.165, 1.54) is 17.9 Å². The minimum atomic E-state index is 0.639. The van der Waals surface area contributed by atoms with E-state index >= 15 is 0 Å². The van der Waals surface area contributed by atoms with E-state index < -0.39 is 0 Å². The summed E-state index contributed by atoms with van der Waals surface area (Å²) in [6, 6.07) is 0.639. The van der Waals surface area contributed by atoms with Crippen LogP contribution < -0.4 is 4.90 Å². The van der Waals surface area contributed by atoms with Gasteiger partial charge < -0.3 is 9.64 Å². The van der Waals surface area contributed by atoms with Crippen LogP contribution >= 0.6 is 0 Å². The fraction of sp³-hybridized carbons (Fsp3) is 0.875. The molecule has 60 valence electrons. The van der Waals surface area contributed by atoms with Crippen molar-refractivity contribution in [2.45, 2.75) is 19.4 Å². The van der Waals surface area contributed by atoms with E-state index in [4.69, 9.17) is 4.74 Å². The van der Waals surface area contributed by atoms with Crippen LogP contribution in [0.2, 0.25) is 0 Å². The molecule has 3 atom stereocenters. The molecule has 1 aliphatic rings. The van der Waals surface area contributed by atoms with Gasteiger partial charge in [-0.05, 0) is 0 Å². The van der Waals surface area contributed by atoms with Gasteiger partial charge in [0.25, 0.3) is 0 Å². The van der Waals surface area contributed by atoms with Gasteiger partial charge in [0.05, 0.1) is 19.2 Å². The van der Waals surface area contributed by atoms with Crippen LogP contribution in [0.1, 0.15) is 13.3 Å². The summed E-state index contributed by atoms with van der Waals surface area (Å²) in [4.78, 5) is 1.38. The second kappa shape index (κ2) is 3.35. The third-order valence-corrected chi connectivity index (χ3v) is 2.24. The first-order valence-electron chi connectivity index (χ1n) is 3.90. The minimum Gasteiger partial charge on any atom is -0.463 e. The highest BCUT2D eigenvalue weighted by Gasteiger charge is 2.26. The number of nitrogens with one attached hydrogen (secondary N) is 1. The number of hydrogen-bond acceptors (Lipinski definition) is 1. The Morgan fingerprint density at radius 2 is 2.40 bits per heavy atom. The van der Waals surface area contributed by atoms with Crippen molar-refractivity contribution in [1.82, 2.24) is 0 Å². The molecule has 1 saturated heterocycles. The molecule has 1 rings (SSSR count). The number of quaternary nitrogens is 1. The molecule has 2 nitrogen and oxygen atoms in total. The van der Waals surface area contributed by atoms with Crippen molar-refractivity contribution in [2.24, 2.45) is 5.92 Å². The highest BCUT2D eigenvalue weighted by Crippen LogP contribution is 2.07. The Bertz CT molecular complexity index is 105. The van der Waals surface area contributed by atoms with Crippen LogP contribution in [0.15, 0.2) is 0 Å². The van der Waals surface area contributed by atoms with Crippen LogP contribution in [0, 0.1) is 13.0 Å². The lowest BCUT2D eigenvalue weighted by atomic mass is 10.1. The van der Waals surface area contributed by atoms with Crippen molar-refractivity contribution in [3.63, 3.8) is 0 Å². The van der Waals surface area contributed by atoms with Crippen molar-refractivity contribution >= 4 is 0 Å². The standard InChI is InChI=1S/C8H17NO/c1-7-4-8(6-10-3)9(2)5-7/h7-9H,2,4-6H2,1,3H3/t7-,8-/m0/s1. The van der Waals surface area contributed by atoms with Crippen LogP contribution in [0.5, 0.6) is 0 Å². The predicted octanol–water partition coefficient (Wildman–Crippen LogP) is -0.282. The lowest BCUT2D eigenvalue weighted by Crippen LogP contribution is -3.09. The molecule has 1 fully saturated rings. The summed E-state index contributed by atoms with van der Waals surface area (Å²) in [6.07, 6.45) is 1.27. The van der Waals surface area contributed by atoms with Crippen molar-refractivity contribution < 1.29 is 9.64 Å². The number of ether oxygens (including phenoxy) is 1. The van der Waals surface area contributed by atoms with Crippen molar-refractivity contribution in [2.75, 3.05) is 20.3 Å². The third kappa shape index (κ3) is 1.70. The SMILES string of the molecule is [CH2-][NH+]1C[C@@H](C)C[C@H]1COC. The summed E-state index contributed by atoms with van der Waals surface area (Å²) in [5, 5.41) is 0. The number of methoxy groups -OCH3 is 1. The van der Waals surface area contributed by atoms with E-state index in [0.717, 1.165) is 12.5 Å². The number of rotatable bonds is 2. The van der Waals surface area contributed by atoms with Gasteiger partial charge in [0.2, 0.25) is 0 Å². The van der Waals surface area contributed by atoms with Crippen molar-refractivity contribution in [1.29, 1.82) is 0 Å². The van der Waals surface area contributed by atoms with Crippen LogP contribution in [-0.4, -0.2) is 26.3 Å². The van der Waals surface area contributed by atoms with Gasteiger partial charge in [-0.2, -0.15) is 7.05 Å². The topological polar surface area (TPSA) is 13.7 Å². The van der Waals surface area contributed by atoms with Gasteiger partial charge in [-0.25, -0.2) is 0 Å². The molecule has 2 heteroatoms. The summed E-state index contributed by atoms with van der Waals surface area (Å²) in [6.45, 7) is 4.35. The highest BCUT2D eigenvalue weighted by atomic mass is 16.5. The second-order valence-electron chi connectivity index (χ2n) is 3.36. The van der Waals surface area contributed by atoms with E-state index in [-0.39, 0.29) is 0 Å². The summed E-state index contributed by atoms with van der Waals surface area (Å²) in [5.74, 6) is 0.827. The van der Waals surface area contributed by atoms with Crippen LogP contribution in [-0.2, 0) is 4.74 Å². The Kier molecular flexibility index (Phi) is 2.69. The first-order chi connectivity index (χ1) is 4.74. The van der Waals surface area contributed by atoms with Crippen molar-refractivity contribution in [3.05, 3.63) is 7.05 Å². The van der Waals surface area contributed by atoms with E-state index in [1.807, 2.05) is 0 Å². The number of hydrogen-bond donors (Lipinski definition) is 1. The van der Waals surface area contributed by atoms with Crippen molar-refractivity contribution in [3.8, 4) is 0 Å². The molecule has 1 aliphatic heterocycles. The molecule has 0 bridgehead atoms. The molecule has 0 aliphatic carbocycles. The molecule has 10 heavy (non-hydrogen) atoms. The maximum absolute atomic E-state index is 5.08. The van der Waals surface area contributed by atoms with E-state index in [2.05, 4.69) is 14.0 Å². The molecule has 0 spiro atoms. The number of likely N-dealkylation sites (tertiary alicyclic amines) is 1.